The Morgan fingerprint density at radius 2 is 2.10 bits per heavy atom. The molecule has 0 aromatic heterocycles. The van der Waals surface area contributed by atoms with E-state index < -0.39 is 0 Å². The van der Waals surface area contributed by atoms with E-state index in [0.717, 1.165) is 56.6 Å². The topological polar surface area (TPSA) is 24.5 Å². The van der Waals surface area contributed by atoms with Gasteiger partial charge in [-0.25, -0.2) is 0 Å². The van der Waals surface area contributed by atoms with E-state index in [1.54, 1.807) is 0 Å². The third kappa shape index (κ3) is 3.66. The van der Waals surface area contributed by atoms with Gasteiger partial charge in [0.2, 0.25) is 0 Å². The van der Waals surface area contributed by atoms with Gasteiger partial charge in [0.25, 0.3) is 0 Å². The Bertz CT molecular complexity index is 434. The van der Waals surface area contributed by atoms with Crippen molar-refractivity contribution in [1.82, 2.24) is 5.32 Å². The first kappa shape index (κ1) is 14.2. The van der Waals surface area contributed by atoms with Crippen molar-refractivity contribution in [3.05, 3.63) is 29.3 Å². The minimum absolute atomic E-state index is 0.656. The molecule has 2 saturated heterocycles. The highest BCUT2D eigenvalue weighted by atomic mass is 35.5. The van der Waals surface area contributed by atoms with Gasteiger partial charge in [-0.3, -0.25) is 0 Å². The molecule has 3 rings (SSSR count). The predicted molar refractivity (Wildman–Crippen MR) is 83.6 cm³/mol. The average molecular weight is 295 g/mol. The number of anilines is 1. The Balaban J connectivity index is 1.47. The van der Waals surface area contributed by atoms with E-state index >= 15 is 0 Å². The first-order valence-electron chi connectivity index (χ1n) is 7.63. The number of benzene rings is 1. The van der Waals surface area contributed by atoms with Crippen molar-refractivity contribution >= 4 is 17.3 Å². The van der Waals surface area contributed by atoms with E-state index in [-0.39, 0.29) is 0 Å². The normalized spacial score (nSPS) is 24.2. The second-order valence-electron chi connectivity index (χ2n) is 5.88. The van der Waals surface area contributed by atoms with E-state index in [4.69, 9.17) is 16.3 Å². The molecule has 4 heteroatoms. The van der Waals surface area contributed by atoms with E-state index in [1.165, 1.54) is 12.1 Å². The standard InChI is InChI=1S/C16H23ClN2O/c17-14-2-1-3-16(10-14)19-7-4-13(12-19)11-18-15-5-8-20-9-6-15/h1-3,10,13,15,18H,4-9,11-12H2/t13-/m0/s1. The number of rotatable bonds is 4. The Kier molecular flexibility index (Phi) is 4.81. The highest BCUT2D eigenvalue weighted by Crippen LogP contribution is 2.25. The summed E-state index contributed by atoms with van der Waals surface area (Å²) in [7, 11) is 0. The quantitative estimate of drug-likeness (QED) is 0.924. The molecule has 2 aliphatic rings. The fourth-order valence-electron chi connectivity index (χ4n) is 3.14. The number of ether oxygens (including phenoxy) is 1. The fourth-order valence-corrected chi connectivity index (χ4v) is 3.33. The van der Waals surface area contributed by atoms with Gasteiger partial charge in [-0.1, -0.05) is 17.7 Å². The molecule has 3 nitrogen and oxygen atoms in total. The van der Waals surface area contributed by atoms with Crippen molar-refractivity contribution in [3.63, 3.8) is 0 Å². The van der Waals surface area contributed by atoms with Crippen molar-refractivity contribution < 1.29 is 4.74 Å². The second-order valence-corrected chi connectivity index (χ2v) is 6.31. The van der Waals surface area contributed by atoms with E-state index in [1.807, 2.05) is 12.1 Å². The molecule has 110 valence electrons. The van der Waals surface area contributed by atoms with E-state index in [2.05, 4.69) is 22.3 Å². The van der Waals surface area contributed by atoms with Gasteiger partial charge < -0.3 is 15.0 Å². The van der Waals surface area contributed by atoms with Gasteiger partial charge in [0.1, 0.15) is 0 Å². The Hall–Kier alpha value is -0.770. The zero-order valence-corrected chi connectivity index (χ0v) is 12.6. The molecule has 0 amide bonds. The van der Waals surface area contributed by atoms with Crippen LogP contribution in [0.1, 0.15) is 19.3 Å². The Morgan fingerprint density at radius 1 is 1.25 bits per heavy atom. The lowest BCUT2D eigenvalue weighted by Crippen LogP contribution is -2.38. The molecule has 2 aliphatic heterocycles. The summed E-state index contributed by atoms with van der Waals surface area (Å²) < 4.78 is 5.40. The zero-order chi connectivity index (χ0) is 13.8. The summed E-state index contributed by atoms with van der Waals surface area (Å²) >= 11 is 6.07. The summed E-state index contributed by atoms with van der Waals surface area (Å²) in [6.45, 7) is 5.23. The molecule has 0 unspecified atom stereocenters. The molecule has 1 atom stereocenters. The maximum absolute atomic E-state index is 6.07. The number of nitrogens with one attached hydrogen (secondary N) is 1. The average Bonchev–Trinajstić information content (AvgIpc) is 2.95. The van der Waals surface area contributed by atoms with Crippen LogP contribution in [0.4, 0.5) is 5.69 Å². The van der Waals surface area contributed by atoms with Gasteiger partial charge >= 0.3 is 0 Å². The minimum Gasteiger partial charge on any atom is -0.381 e. The molecule has 1 aromatic carbocycles. The van der Waals surface area contributed by atoms with Crippen LogP contribution in [0.5, 0.6) is 0 Å². The number of hydrogen-bond acceptors (Lipinski definition) is 3. The summed E-state index contributed by atoms with van der Waals surface area (Å²) in [5, 5.41) is 4.54. The van der Waals surface area contributed by atoms with Crippen LogP contribution >= 0.6 is 11.6 Å². The van der Waals surface area contributed by atoms with Crippen LogP contribution in [0.15, 0.2) is 24.3 Å². The molecular formula is C16H23ClN2O. The fraction of sp³-hybridized carbons (Fsp3) is 0.625. The maximum atomic E-state index is 6.07. The third-order valence-electron chi connectivity index (χ3n) is 4.38. The van der Waals surface area contributed by atoms with Crippen molar-refractivity contribution in [3.8, 4) is 0 Å². The lowest BCUT2D eigenvalue weighted by Gasteiger charge is -2.25. The first-order valence-corrected chi connectivity index (χ1v) is 8.01. The highest BCUT2D eigenvalue weighted by molar-refractivity contribution is 6.30. The maximum Gasteiger partial charge on any atom is 0.0480 e. The molecule has 2 heterocycles. The monoisotopic (exact) mass is 294 g/mol. The summed E-state index contributed by atoms with van der Waals surface area (Å²) in [6, 6.07) is 8.84. The number of nitrogens with zero attached hydrogens (tertiary/aromatic N) is 1. The lowest BCUT2D eigenvalue weighted by atomic mass is 10.1. The number of halogens is 1. The molecule has 1 aromatic rings. The molecule has 20 heavy (non-hydrogen) atoms. The van der Waals surface area contributed by atoms with Gasteiger partial charge in [-0.2, -0.15) is 0 Å². The van der Waals surface area contributed by atoms with Gasteiger partial charge in [0.15, 0.2) is 0 Å². The summed E-state index contributed by atoms with van der Waals surface area (Å²) in [5.74, 6) is 0.747. The molecule has 2 fully saturated rings. The van der Waals surface area contributed by atoms with Crippen LogP contribution in [0.3, 0.4) is 0 Å². The van der Waals surface area contributed by atoms with Crippen LogP contribution in [0.2, 0.25) is 5.02 Å². The summed E-state index contributed by atoms with van der Waals surface area (Å²) in [6.07, 6.45) is 3.58. The molecule has 0 saturated carbocycles. The van der Waals surface area contributed by atoms with Gasteiger partial charge in [0.05, 0.1) is 0 Å². The van der Waals surface area contributed by atoms with Crippen molar-refractivity contribution in [2.75, 3.05) is 37.7 Å². The van der Waals surface area contributed by atoms with Gasteiger partial charge in [-0.05, 0) is 49.9 Å². The van der Waals surface area contributed by atoms with Crippen LogP contribution < -0.4 is 10.2 Å². The largest absolute Gasteiger partial charge is 0.381 e. The summed E-state index contributed by atoms with van der Waals surface area (Å²) in [5.41, 5.74) is 1.26. The molecule has 1 N–H and O–H groups in total. The number of hydrogen-bond donors (Lipinski definition) is 1. The van der Waals surface area contributed by atoms with E-state index in [9.17, 15) is 0 Å². The molecule has 0 aliphatic carbocycles. The van der Waals surface area contributed by atoms with Crippen LogP contribution in [-0.4, -0.2) is 38.9 Å². The third-order valence-corrected chi connectivity index (χ3v) is 4.61. The smallest absolute Gasteiger partial charge is 0.0480 e. The molecule has 0 spiro atoms. The highest BCUT2D eigenvalue weighted by Gasteiger charge is 2.24. The minimum atomic E-state index is 0.656. The van der Waals surface area contributed by atoms with Crippen molar-refractivity contribution in [1.29, 1.82) is 0 Å². The van der Waals surface area contributed by atoms with Crippen LogP contribution in [0, 0.1) is 5.92 Å². The Morgan fingerprint density at radius 3 is 2.90 bits per heavy atom. The Labute approximate surface area is 126 Å². The van der Waals surface area contributed by atoms with Gasteiger partial charge in [-0.15, -0.1) is 0 Å². The lowest BCUT2D eigenvalue weighted by molar-refractivity contribution is 0.0771. The van der Waals surface area contributed by atoms with E-state index in [0.29, 0.717) is 6.04 Å². The molecular weight excluding hydrogens is 272 g/mol. The van der Waals surface area contributed by atoms with Crippen LogP contribution in [-0.2, 0) is 4.74 Å². The van der Waals surface area contributed by atoms with Crippen molar-refractivity contribution in [2.45, 2.75) is 25.3 Å². The first-order chi connectivity index (χ1) is 9.81. The summed E-state index contributed by atoms with van der Waals surface area (Å²) in [4.78, 5) is 2.45. The van der Waals surface area contributed by atoms with Crippen LogP contribution in [0.25, 0.3) is 0 Å². The SMILES string of the molecule is Clc1cccc(N2CC[C@@H](CNC3CCOCC3)C2)c1. The predicted octanol–water partition coefficient (Wildman–Crippen LogP) is 2.93. The second kappa shape index (κ2) is 6.79. The molecule has 0 bridgehead atoms. The van der Waals surface area contributed by atoms with Gasteiger partial charge in [0, 0.05) is 43.1 Å². The molecule has 0 radical (unpaired) electrons. The van der Waals surface area contributed by atoms with Crippen molar-refractivity contribution in [2.24, 2.45) is 5.92 Å². The zero-order valence-electron chi connectivity index (χ0n) is 11.9.